The predicted molar refractivity (Wildman–Crippen MR) is 61.9 cm³/mol. The van der Waals surface area contributed by atoms with Crippen molar-refractivity contribution in [3.8, 4) is 0 Å². The van der Waals surface area contributed by atoms with E-state index in [0.29, 0.717) is 19.5 Å². The third-order valence-corrected chi connectivity index (χ3v) is 3.13. The fraction of sp³-hybridized carbons (Fsp3) is 0.909. The zero-order valence-corrected chi connectivity index (χ0v) is 10.5. The van der Waals surface area contributed by atoms with Crippen molar-refractivity contribution in [3.05, 3.63) is 0 Å². The summed E-state index contributed by atoms with van der Waals surface area (Å²) in [6.07, 6.45) is -3.25. The molecule has 0 bridgehead atoms. The molecule has 1 rings (SSSR count). The Labute approximate surface area is 105 Å². The van der Waals surface area contributed by atoms with Crippen LogP contribution in [-0.2, 0) is 4.79 Å². The van der Waals surface area contributed by atoms with Gasteiger partial charge in [-0.05, 0) is 38.9 Å². The number of alkyl halides is 3. The second kappa shape index (κ2) is 6.38. The zero-order chi connectivity index (χ0) is 13.8. The van der Waals surface area contributed by atoms with Gasteiger partial charge in [0.15, 0.2) is 0 Å². The van der Waals surface area contributed by atoms with Gasteiger partial charge < -0.3 is 15.5 Å². The zero-order valence-electron chi connectivity index (χ0n) is 10.5. The van der Waals surface area contributed by atoms with E-state index in [4.69, 9.17) is 5.73 Å². The van der Waals surface area contributed by atoms with Crippen molar-refractivity contribution in [1.82, 2.24) is 9.80 Å². The minimum Gasteiger partial charge on any atom is -0.335 e. The molecule has 0 aromatic rings. The van der Waals surface area contributed by atoms with Gasteiger partial charge in [0.05, 0.1) is 0 Å². The maximum Gasteiger partial charge on any atom is 0.471 e. The van der Waals surface area contributed by atoms with Gasteiger partial charge in [-0.2, -0.15) is 13.2 Å². The first kappa shape index (κ1) is 15.2. The molecular formula is C11H20F3N3O. The number of amides is 1. The van der Waals surface area contributed by atoms with Gasteiger partial charge in [0.2, 0.25) is 0 Å². The Morgan fingerprint density at radius 3 is 2.72 bits per heavy atom. The molecule has 4 nitrogen and oxygen atoms in total. The molecule has 0 saturated carbocycles. The molecule has 18 heavy (non-hydrogen) atoms. The van der Waals surface area contributed by atoms with Crippen LogP contribution in [0.3, 0.4) is 0 Å². The summed E-state index contributed by atoms with van der Waals surface area (Å²) in [7, 11) is 1.92. The van der Waals surface area contributed by atoms with Crippen molar-refractivity contribution < 1.29 is 18.0 Å². The van der Waals surface area contributed by atoms with Crippen molar-refractivity contribution in [2.24, 2.45) is 11.7 Å². The van der Waals surface area contributed by atoms with Crippen LogP contribution in [0.1, 0.15) is 12.8 Å². The summed E-state index contributed by atoms with van der Waals surface area (Å²) in [5.41, 5.74) is 5.39. The second-order valence-electron chi connectivity index (χ2n) is 4.81. The lowest BCUT2D eigenvalue weighted by molar-refractivity contribution is -0.184. The van der Waals surface area contributed by atoms with Gasteiger partial charge in [-0.25, -0.2) is 0 Å². The smallest absolute Gasteiger partial charge is 0.335 e. The van der Waals surface area contributed by atoms with Crippen molar-refractivity contribution in [2.75, 3.05) is 39.8 Å². The minimum absolute atomic E-state index is 0.124. The number of hydrogen-bond acceptors (Lipinski definition) is 3. The average Bonchev–Trinajstić information content (AvgIpc) is 2.72. The number of hydrogen-bond donors (Lipinski definition) is 1. The second-order valence-corrected chi connectivity index (χ2v) is 4.81. The molecule has 0 aromatic heterocycles. The summed E-state index contributed by atoms with van der Waals surface area (Å²) in [4.78, 5) is 14.0. The molecule has 0 radical (unpaired) electrons. The van der Waals surface area contributed by atoms with Gasteiger partial charge in [-0.1, -0.05) is 0 Å². The van der Waals surface area contributed by atoms with Crippen molar-refractivity contribution >= 4 is 5.91 Å². The number of carbonyl (C=O) groups is 1. The number of nitrogens with zero attached hydrogens (tertiary/aromatic N) is 2. The first-order valence-electron chi connectivity index (χ1n) is 6.09. The fourth-order valence-electron chi connectivity index (χ4n) is 2.24. The third-order valence-electron chi connectivity index (χ3n) is 3.13. The molecule has 0 aliphatic carbocycles. The summed E-state index contributed by atoms with van der Waals surface area (Å²) < 4.78 is 36.7. The van der Waals surface area contributed by atoms with Crippen LogP contribution in [0.15, 0.2) is 0 Å². The molecular weight excluding hydrogens is 247 g/mol. The highest BCUT2D eigenvalue weighted by atomic mass is 19.4. The van der Waals surface area contributed by atoms with E-state index in [1.54, 1.807) is 0 Å². The van der Waals surface area contributed by atoms with E-state index in [0.717, 1.165) is 17.9 Å². The Hall–Kier alpha value is -0.820. The van der Waals surface area contributed by atoms with Crippen LogP contribution in [0.4, 0.5) is 13.2 Å². The van der Waals surface area contributed by atoms with Crippen molar-refractivity contribution in [1.29, 1.82) is 0 Å². The molecule has 1 fully saturated rings. The van der Waals surface area contributed by atoms with Gasteiger partial charge in [0.1, 0.15) is 0 Å². The minimum atomic E-state index is -4.75. The summed E-state index contributed by atoms with van der Waals surface area (Å²) in [6, 6.07) is 0. The topological polar surface area (TPSA) is 49.6 Å². The summed E-state index contributed by atoms with van der Waals surface area (Å²) in [5, 5.41) is 0. The van der Waals surface area contributed by atoms with Crippen LogP contribution >= 0.6 is 0 Å². The Balaban J connectivity index is 2.35. The van der Waals surface area contributed by atoms with E-state index in [9.17, 15) is 18.0 Å². The number of nitrogens with two attached hydrogens (primary N) is 1. The van der Waals surface area contributed by atoms with Gasteiger partial charge in [-0.15, -0.1) is 0 Å². The van der Waals surface area contributed by atoms with E-state index < -0.39 is 12.1 Å². The maximum atomic E-state index is 12.2. The Morgan fingerprint density at radius 1 is 1.50 bits per heavy atom. The van der Waals surface area contributed by atoms with Gasteiger partial charge in [0, 0.05) is 19.6 Å². The van der Waals surface area contributed by atoms with Gasteiger partial charge >= 0.3 is 12.1 Å². The summed E-state index contributed by atoms with van der Waals surface area (Å²) in [5.74, 6) is -1.59. The SMILES string of the molecule is CN(CCCN)CC1CCN(C(=O)C(F)(F)F)C1. The lowest BCUT2D eigenvalue weighted by Crippen LogP contribution is -2.40. The summed E-state index contributed by atoms with van der Waals surface area (Å²) in [6.45, 7) is 2.55. The number of carbonyl (C=O) groups excluding carboxylic acids is 1. The molecule has 1 aliphatic heterocycles. The normalized spacial score (nSPS) is 20.8. The number of halogens is 3. The van der Waals surface area contributed by atoms with E-state index in [1.807, 2.05) is 7.05 Å². The van der Waals surface area contributed by atoms with E-state index in [-0.39, 0.29) is 19.0 Å². The Morgan fingerprint density at radius 2 is 2.17 bits per heavy atom. The van der Waals surface area contributed by atoms with Crippen molar-refractivity contribution in [2.45, 2.75) is 19.0 Å². The average molecular weight is 267 g/mol. The van der Waals surface area contributed by atoms with Crippen LogP contribution in [0.2, 0.25) is 0 Å². The highest BCUT2D eigenvalue weighted by molar-refractivity contribution is 5.82. The van der Waals surface area contributed by atoms with E-state index in [1.165, 1.54) is 0 Å². The lowest BCUT2D eigenvalue weighted by Gasteiger charge is -2.21. The maximum absolute atomic E-state index is 12.2. The molecule has 1 saturated heterocycles. The molecule has 0 spiro atoms. The quantitative estimate of drug-likeness (QED) is 0.797. The van der Waals surface area contributed by atoms with Crippen molar-refractivity contribution in [3.63, 3.8) is 0 Å². The highest BCUT2D eigenvalue weighted by Gasteiger charge is 2.44. The summed E-state index contributed by atoms with van der Waals surface area (Å²) >= 11 is 0. The fourth-order valence-corrected chi connectivity index (χ4v) is 2.24. The molecule has 106 valence electrons. The molecule has 1 amide bonds. The van der Waals surface area contributed by atoms with Crippen LogP contribution in [0.5, 0.6) is 0 Å². The predicted octanol–water partition coefficient (Wildman–Crippen LogP) is 0.678. The molecule has 7 heteroatoms. The molecule has 2 N–H and O–H groups in total. The number of likely N-dealkylation sites (tertiary alicyclic amines) is 1. The first-order chi connectivity index (χ1) is 8.34. The third kappa shape index (κ3) is 4.45. The molecule has 1 heterocycles. The van der Waals surface area contributed by atoms with E-state index in [2.05, 4.69) is 4.90 Å². The first-order valence-corrected chi connectivity index (χ1v) is 6.09. The van der Waals surface area contributed by atoms with Crippen LogP contribution < -0.4 is 5.73 Å². The van der Waals surface area contributed by atoms with Crippen LogP contribution in [0.25, 0.3) is 0 Å². The van der Waals surface area contributed by atoms with Crippen LogP contribution in [0, 0.1) is 5.92 Å². The molecule has 1 atom stereocenters. The van der Waals surface area contributed by atoms with Gasteiger partial charge in [0.25, 0.3) is 0 Å². The van der Waals surface area contributed by atoms with Crippen LogP contribution in [-0.4, -0.2) is 61.7 Å². The Bertz CT molecular complexity index is 283. The standard InChI is InChI=1S/C11H20F3N3O/c1-16(5-2-4-15)7-9-3-6-17(8-9)10(18)11(12,13)14/h9H,2-8,15H2,1H3. The molecule has 1 aliphatic rings. The molecule has 0 aromatic carbocycles. The molecule has 1 unspecified atom stereocenters. The monoisotopic (exact) mass is 267 g/mol. The highest BCUT2D eigenvalue weighted by Crippen LogP contribution is 2.24. The Kier molecular flexibility index (Phi) is 5.40. The number of rotatable bonds is 5. The van der Waals surface area contributed by atoms with Gasteiger partial charge in [-0.3, -0.25) is 4.79 Å². The van der Waals surface area contributed by atoms with E-state index >= 15 is 0 Å². The largest absolute Gasteiger partial charge is 0.471 e. The lowest BCUT2D eigenvalue weighted by atomic mass is 10.1.